The van der Waals surface area contributed by atoms with Crippen LogP contribution in [-0.4, -0.2) is 18.6 Å². The number of rotatable bonds is 4. The summed E-state index contributed by atoms with van der Waals surface area (Å²) in [6.45, 7) is 3.54. The summed E-state index contributed by atoms with van der Waals surface area (Å²) in [6.07, 6.45) is 6.64. The van der Waals surface area contributed by atoms with Gasteiger partial charge in [0.15, 0.2) is 0 Å². The van der Waals surface area contributed by atoms with Crippen molar-refractivity contribution >= 4 is 22.0 Å². The monoisotopic (exact) mass is 330 g/mol. The molecule has 0 unspecified atom stereocenters. The number of phenols is 2. The van der Waals surface area contributed by atoms with E-state index in [1.165, 1.54) is 12.1 Å². The van der Waals surface area contributed by atoms with E-state index in [-0.39, 0.29) is 21.3 Å². The lowest BCUT2D eigenvalue weighted by molar-refractivity contribution is 0.451. The number of allylic oxidation sites excluding steroid dienone is 2. The maximum Gasteiger partial charge on any atom is 0.213 e. The maximum atomic E-state index is 12.8. The molecule has 0 amide bonds. The van der Waals surface area contributed by atoms with Gasteiger partial charge in [-0.2, -0.15) is 0 Å². The lowest BCUT2D eigenvalue weighted by Crippen LogP contribution is -2.04. The van der Waals surface area contributed by atoms with Crippen molar-refractivity contribution in [3.05, 3.63) is 59.7 Å². The molecule has 4 nitrogen and oxygen atoms in total. The first-order valence-corrected chi connectivity index (χ1v) is 8.56. The van der Waals surface area contributed by atoms with E-state index >= 15 is 0 Å². The van der Waals surface area contributed by atoms with Gasteiger partial charge in [-0.15, -0.1) is 0 Å². The summed E-state index contributed by atoms with van der Waals surface area (Å²) in [6, 6.07) is 8.97. The van der Waals surface area contributed by atoms with Crippen LogP contribution in [0.1, 0.15) is 25.0 Å². The number of sulfone groups is 1. The van der Waals surface area contributed by atoms with Gasteiger partial charge < -0.3 is 10.2 Å². The summed E-state index contributed by atoms with van der Waals surface area (Å²) in [5.41, 5.74) is 0.801. The van der Waals surface area contributed by atoms with Crippen molar-refractivity contribution in [2.45, 2.75) is 23.6 Å². The zero-order valence-corrected chi connectivity index (χ0v) is 13.7. The van der Waals surface area contributed by atoms with Crippen LogP contribution >= 0.6 is 0 Å². The van der Waals surface area contributed by atoms with E-state index in [2.05, 4.69) is 0 Å². The molecule has 23 heavy (non-hydrogen) atoms. The SMILES string of the molecule is CC=Cc1cccc(S(=O)(=O)c2cccc(C=CC)c2O)c1O. The molecule has 0 aromatic heterocycles. The van der Waals surface area contributed by atoms with Crippen molar-refractivity contribution < 1.29 is 18.6 Å². The van der Waals surface area contributed by atoms with Gasteiger partial charge in [-0.25, -0.2) is 8.42 Å². The van der Waals surface area contributed by atoms with Crippen LogP contribution in [0.3, 0.4) is 0 Å². The third kappa shape index (κ3) is 3.14. The highest BCUT2D eigenvalue weighted by molar-refractivity contribution is 7.91. The van der Waals surface area contributed by atoms with Gasteiger partial charge in [0, 0.05) is 11.1 Å². The van der Waals surface area contributed by atoms with E-state index in [0.717, 1.165) is 0 Å². The predicted octanol–water partition coefficient (Wildman–Crippen LogP) is 4.00. The lowest BCUT2D eigenvalue weighted by atomic mass is 10.2. The summed E-state index contributed by atoms with van der Waals surface area (Å²) < 4.78 is 25.6. The molecule has 0 spiro atoms. The van der Waals surface area contributed by atoms with Crippen LogP contribution in [-0.2, 0) is 9.84 Å². The Hall–Kier alpha value is -2.53. The quantitative estimate of drug-likeness (QED) is 0.888. The van der Waals surface area contributed by atoms with Crippen LogP contribution in [0.4, 0.5) is 0 Å². The van der Waals surface area contributed by atoms with E-state index in [4.69, 9.17) is 0 Å². The lowest BCUT2D eigenvalue weighted by Gasteiger charge is -2.11. The fourth-order valence-corrected chi connectivity index (χ4v) is 3.76. The number of hydrogen-bond donors (Lipinski definition) is 2. The average Bonchev–Trinajstić information content (AvgIpc) is 2.51. The molecule has 0 atom stereocenters. The van der Waals surface area contributed by atoms with E-state index in [1.807, 2.05) is 0 Å². The summed E-state index contributed by atoms with van der Waals surface area (Å²) in [5, 5.41) is 20.5. The van der Waals surface area contributed by atoms with Gasteiger partial charge in [0.2, 0.25) is 9.84 Å². The number of benzene rings is 2. The van der Waals surface area contributed by atoms with E-state index in [1.54, 1.807) is 62.4 Å². The van der Waals surface area contributed by atoms with Crippen LogP contribution in [0, 0.1) is 0 Å². The molecule has 0 aliphatic carbocycles. The van der Waals surface area contributed by atoms with Gasteiger partial charge in [-0.3, -0.25) is 0 Å². The maximum absolute atomic E-state index is 12.8. The highest BCUT2D eigenvalue weighted by Crippen LogP contribution is 2.37. The van der Waals surface area contributed by atoms with Crippen molar-refractivity contribution in [2.24, 2.45) is 0 Å². The predicted molar refractivity (Wildman–Crippen MR) is 91.1 cm³/mol. The molecule has 0 aliphatic heterocycles. The highest BCUT2D eigenvalue weighted by atomic mass is 32.2. The highest BCUT2D eigenvalue weighted by Gasteiger charge is 2.26. The van der Waals surface area contributed by atoms with Gasteiger partial charge in [0.1, 0.15) is 21.3 Å². The van der Waals surface area contributed by atoms with Crippen LogP contribution in [0.5, 0.6) is 11.5 Å². The molecule has 5 heteroatoms. The Morgan fingerprint density at radius 2 is 1.17 bits per heavy atom. The topological polar surface area (TPSA) is 74.6 Å². The zero-order valence-electron chi connectivity index (χ0n) is 12.9. The van der Waals surface area contributed by atoms with Gasteiger partial charge in [0.05, 0.1) is 0 Å². The minimum absolute atomic E-state index is 0.235. The Bertz CT molecular complexity index is 810. The molecule has 2 N–H and O–H groups in total. The van der Waals surface area contributed by atoms with Gasteiger partial charge in [-0.05, 0) is 26.0 Å². The third-order valence-corrected chi connectivity index (χ3v) is 5.15. The molecule has 0 saturated carbocycles. The minimum Gasteiger partial charge on any atom is -0.506 e. The van der Waals surface area contributed by atoms with Crippen LogP contribution in [0.25, 0.3) is 12.2 Å². The zero-order chi connectivity index (χ0) is 17.0. The normalized spacial score (nSPS) is 12.3. The van der Waals surface area contributed by atoms with Crippen molar-refractivity contribution in [1.29, 1.82) is 0 Å². The second kappa shape index (κ2) is 6.71. The molecular formula is C18H18O4S. The smallest absolute Gasteiger partial charge is 0.213 e. The van der Waals surface area contributed by atoms with E-state index < -0.39 is 9.84 Å². The fourth-order valence-electron chi connectivity index (χ4n) is 2.26. The minimum atomic E-state index is -4.05. The molecule has 2 aromatic carbocycles. The van der Waals surface area contributed by atoms with Crippen LogP contribution < -0.4 is 0 Å². The molecule has 2 rings (SSSR count). The second-order valence-electron chi connectivity index (χ2n) is 4.89. The first-order valence-electron chi connectivity index (χ1n) is 7.08. The second-order valence-corrected chi connectivity index (χ2v) is 6.78. The summed E-state index contributed by atoms with van der Waals surface area (Å²) in [4.78, 5) is -0.470. The molecule has 0 fully saturated rings. The summed E-state index contributed by atoms with van der Waals surface area (Å²) in [7, 11) is -4.05. The van der Waals surface area contributed by atoms with Gasteiger partial charge in [-0.1, -0.05) is 48.6 Å². The number of phenolic OH excluding ortho intramolecular Hbond substituents is 2. The standard InChI is InChI=1S/C18H18O4S/c1-3-7-13-9-5-11-15(17(13)19)23(21,22)16-12-6-10-14(8-4-2)18(16)20/h3-12,19-20H,1-2H3. The Morgan fingerprint density at radius 1 is 0.783 bits per heavy atom. The molecule has 0 radical (unpaired) electrons. The van der Waals surface area contributed by atoms with E-state index in [9.17, 15) is 18.6 Å². The Balaban J connectivity index is 2.70. The first-order chi connectivity index (χ1) is 10.9. The Morgan fingerprint density at radius 3 is 1.52 bits per heavy atom. The summed E-state index contributed by atoms with van der Waals surface area (Å²) in [5.74, 6) is -0.664. The van der Waals surface area contributed by atoms with Gasteiger partial charge >= 0.3 is 0 Å². The van der Waals surface area contributed by atoms with E-state index in [0.29, 0.717) is 11.1 Å². The molecule has 0 saturated heterocycles. The summed E-state index contributed by atoms with van der Waals surface area (Å²) >= 11 is 0. The largest absolute Gasteiger partial charge is 0.506 e. The first kappa shape index (κ1) is 16.8. The molecule has 120 valence electrons. The van der Waals surface area contributed by atoms with Crippen molar-refractivity contribution in [3.8, 4) is 11.5 Å². The van der Waals surface area contributed by atoms with Crippen molar-refractivity contribution in [3.63, 3.8) is 0 Å². The van der Waals surface area contributed by atoms with Crippen LogP contribution in [0.2, 0.25) is 0 Å². The van der Waals surface area contributed by atoms with Crippen LogP contribution in [0.15, 0.2) is 58.3 Å². The average molecular weight is 330 g/mol. The fraction of sp³-hybridized carbons (Fsp3) is 0.111. The molecule has 2 aromatic rings. The van der Waals surface area contributed by atoms with Crippen molar-refractivity contribution in [1.82, 2.24) is 0 Å². The molecular weight excluding hydrogens is 312 g/mol. The van der Waals surface area contributed by atoms with Gasteiger partial charge in [0.25, 0.3) is 0 Å². The Labute approximate surface area is 136 Å². The number of hydrogen-bond acceptors (Lipinski definition) is 4. The van der Waals surface area contributed by atoms with Crippen molar-refractivity contribution in [2.75, 3.05) is 0 Å². The molecule has 0 bridgehead atoms. The molecule has 0 aliphatic rings. The Kier molecular flexibility index (Phi) is 4.91. The third-order valence-electron chi connectivity index (χ3n) is 3.33. The number of aromatic hydroxyl groups is 2. The number of para-hydroxylation sites is 2. The molecule has 0 heterocycles.